The van der Waals surface area contributed by atoms with E-state index < -0.39 is 28.8 Å². The number of carbonyl (C=O) groups excluding carboxylic acids is 3. The molecule has 3 N–H and O–H groups in total. The molecule has 2 unspecified atom stereocenters. The third kappa shape index (κ3) is 6.13. The van der Waals surface area contributed by atoms with E-state index in [0.29, 0.717) is 6.54 Å². The van der Waals surface area contributed by atoms with Crippen LogP contribution in [0.5, 0.6) is 0 Å². The van der Waals surface area contributed by atoms with Crippen LogP contribution in [0.2, 0.25) is 0 Å². The molecular weight excluding hydrogens is 460 g/mol. The number of aliphatic hydroxyl groups is 1. The summed E-state index contributed by atoms with van der Waals surface area (Å²) in [5.41, 5.74) is 4.78. The maximum absolute atomic E-state index is 13.2. The predicted molar refractivity (Wildman–Crippen MR) is 131 cm³/mol. The van der Waals surface area contributed by atoms with Crippen LogP contribution in [0.15, 0.2) is 29.8 Å². The fourth-order valence-corrected chi connectivity index (χ4v) is 4.86. The number of nitrogens with zero attached hydrogens (tertiary/aromatic N) is 2. The number of carbonyl (C=O) groups is 3. The summed E-state index contributed by atoms with van der Waals surface area (Å²) in [6.07, 6.45) is -0.673. The van der Waals surface area contributed by atoms with Crippen LogP contribution in [0.1, 0.15) is 38.4 Å². The van der Waals surface area contributed by atoms with Gasteiger partial charge in [0.25, 0.3) is 0 Å². The Morgan fingerprint density at radius 1 is 1.30 bits per heavy atom. The number of thiazole rings is 1. The first kappa shape index (κ1) is 25.2. The first-order valence-corrected chi connectivity index (χ1v) is 12.0. The van der Waals surface area contributed by atoms with Crippen LogP contribution in [0.25, 0.3) is 10.4 Å². The SMILES string of the molecule is CC(=O)NC(C(=O)N1C[C@H](O)CC1C(=O)NCc1ccc(-c2scnc2C)cc1)C(C)(C)S. The molecule has 0 radical (unpaired) electrons. The van der Waals surface area contributed by atoms with Gasteiger partial charge in [0.1, 0.15) is 12.1 Å². The molecule has 33 heavy (non-hydrogen) atoms. The number of likely N-dealkylation sites (tertiary alicyclic amines) is 1. The Kier molecular flexibility index (Phi) is 7.81. The molecule has 10 heteroatoms. The highest BCUT2D eigenvalue weighted by Gasteiger charge is 2.44. The molecule has 1 saturated heterocycles. The van der Waals surface area contributed by atoms with Crippen molar-refractivity contribution in [1.29, 1.82) is 0 Å². The van der Waals surface area contributed by atoms with Gasteiger partial charge in [-0.15, -0.1) is 11.3 Å². The van der Waals surface area contributed by atoms with E-state index in [1.165, 1.54) is 11.8 Å². The van der Waals surface area contributed by atoms with Crippen LogP contribution < -0.4 is 10.6 Å². The molecule has 0 aliphatic carbocycles. The van der Waals surface area contributed by atoms with Gasteiger partial charge >= 0.3 is 0 Å². The number of β-amino-alcohol motifs (C(OH)–C–C–N with tert-alkyl or cyclic N) is 1. The van der Waals surface area contributed by atoms with Gasteiger partial charge in [0, 0.05) is 31.2 Å². The molecule has 8 nitrogen and oxygen atoms in total. The zero-order valence-electron chi connectivity index (χ0n) is 19.2. The lowest BCUT2D eigenvalue weighted by Crippen LogP contribution is -2.58. The smallest absolute Gasteiger partial charge is 0.247 e. The van der Waals surface area contributed by atoms with E-state index in [2.05, 4.69) is 28.2 Å². The summed E-state index contributed by atoms with van der Waals surface area (Å²) in [5.74, 6) is -1.15. The maximum Gasteiger partial charge on any atom is 0.247 e. The lowest BCUT2D eigenvalue weighted by Gasteiger charge is -2.34. The molecule has 3 amide bonds. The van der Waals surface area contributed by atoms with Crippen molar-refractivity contribution in [3.8, 4) is 10.4 Å². The van der Waals surface area contributed by atoms with Gasteiger partial charge in [-0.05, 0) is 31.9 Å². The van der Waals surface area contributed by atoms with Crippen LogP contribution in [-0.2, 0) is 20.9 Å². The van der Waals surface area contributed by atoms with Crippen molar-refractivity contribution >= 4 is 41.7 Å². The quantitative estimate of drug-likeness (QED) is 0.443. The molecule has 1 aliphatic heterocycles. The molecule has 2 aromatic rings. The molecule has 3 rings (SSSR count). The number of thiol groups is 1. The minimum atomic E-state index is -0.929. The van der Waals surface area contributed by atoms with Gasteiger partial charge in [0.2, 0.25) is 17.7 Å². The lowest BCUT2D eigenvalue weighted by atomic mass is 10.0. The van der Waals surface area contributed by atoms with Gasteiger partial charge in [-0.3, -0.25) is 14.4 Å². The highest BCUT2D eigenvalue weighted by atomic mass is 32.1. The van der Waals surface area contributed by atoms with E-state index in [-0.39, 0.29) is 24.8 Å². The topological polar surface area (TPSA) is 112 Å². The number of hydrogen-bond donors (Lipinski definition) is 4. The standard InChI is InChI=1S/C23H30N4O4S2/c1-13-19(33-12-25-13)16-7-5-15(6-8-16)10-24-21(30)18-9-17(29)11-27(18)22(31)20(23(3,4)32)26-14(2)28/h5-8,12,17-18,20,29,32H,9-11H2,1-4H3,(H,24,30)(H,26,28)/t17-,18?,20?/m1/s1. The number of aromatic nitrogens is 1. The van der Waals surface area contributed by atoms with E-state index in [4.69, 9.17) is 0 Å². The number of hydrogen-bond acceptors (Lipinski definition) is 7. The van der Waals surface area contributed by atoms with Gasteiger partial charge < -0.3 is 20.6 Å². The van der Waals surface area contributed by atoms with Crippen molar-refractivity contribution in [1.82, 2.24) is 20.5 Å². The third-order valence-corrected chi connectivity index (χ3v) is 6.83. The number of aryl methyl sites for hydroxylation is 1. The average Bonchev–Trinajstić information content (AvgIpc) is 3.35. The number of amides is 3. The van der Waals surface area contributed by atoms with Crippen LogP contribution >= 0.6 is 24.0 Å². The molecule has 0 spiro atoms. The molecule has 1 aromatic heterocycles. The maximum atomic E-state index is 13.2. The Bertz CT molecular complexity index is 1020. The van der Waals surface area contributed by atoms with Crippen LogP contribution in [0.3, 0.4) is 0 Å². The Balaban J connectivity index is 1.67. The average molecular weight is 491 g/mol. The first-order chi connectivity index (χ1) is 15.5. The highest BCUT2D eigenvalue weighted by molar-refractivity contribution is 7.81. The van der Waals surface area contributed by atoms with Gasteiger partial charge in [-0.25, -0.2) is 4.98 Å². The molecule has 2 heterocycles. The van der Waals surface area contributed by atoms with Crippen molar-refractivity contribution in [2.75, 3.05) is 6.54 Å². The molecule has 0 saturated carbocycles. The van der Waals surface area contributed by atoms with E-state index in [1.807, 2.05) is 36.7 Å². The summed E-state index contributed by atoms with van der Waals surface area (Å²) < 4.78 is -0.852. The second-order valence-corrected chi connectivity index (χ2v) is 10.9. The summed E-state index contributed by atoms with van der Waals surface area (Å²) >= 11 is 6.04. The zero-order chi connectivity index (χ0) is 24.3. The summed E-state index contributed by atoms with van der Waals surface area (Å²) in [5, 5.41) is 15.7. The minimum Gasteiger partial charge on any atom is -0.391 e. The predicted octanol–water partition coefficient (Wildman–Crippen LogP) is 1.91. The zero-order valence-corrected chi connectivity index (χ0v) is 20.9. The highest BCUT2D eigenvalue weighted by Crippen LogP contribution is 2.28. The molecule has 3 atom stereocenters. The van der Waals surface area contributed by atoms with E-state index in [0.717, 1.165) is 21.7 Å². The lowest BCUT2D eigenvalue weighted by molar-refractivity contribution is -0.142. The van der Waals surface area contributed by atoms with Gasteiger partial charge in [0.05, 0.1) is 22.2 Å². The minimum absolute atomic E-state index is 0.0275. The van der Waals surface area contributed by atoms with Gasteiger partial charge in [-0.1, -0.05) is 24.3 Å². The van der Waals surface area contributed by atoms with Crippen molar-refractivity contribution in [3.05, 3.63) is 41.0 Å². The molecule has 178 valence electrons. The largest absolute Gasteiger partial charge is 0.391 e. The van der Waals surface area contributed by atoms with Crippen LogP contribution in [0, 0.1) is 6.92 Å². The number of benzene rings is 1. The normalized spacial score (nSPS) is 19.3. The second kappa shape index (κ2) is 10.2. The van der Waals surface area contributed by atoms with E-state index in [9.17, 15) is 19.5 Å². The van der Waals surface area contributed by atoms with Crippen LogP contribution in [0.4, 0.5) is 0 Å². The van der Waals surface area contributed by atoms with E-state index in [1.54, 1.807) is 25.2 Å². The monoisotopic (exact) mass is 490 g/mol. The fraction of sp³-hybridized carbons (Fsp3) is 0.478. The van der Waals surface area contributed by atoms with Crippen molar-refractivity contribution in [2.45, 2.75) is 63.6 Å². The fourth-order valence-electron chi connectivity index (χ4n) is 3.88. The van der Waals surface area contributed by atoms with Crippen molar-refractivity contribution < 1.29 is 19.5 Å². The van der Waals surface area contributed by atoms with Crippen molar-refractivity contribution in [3.63, 3.8) is 0 Å². The molecule has 1 aliphatic rings. The number of nitrogens with one attached hydrogen (secondary N) is 2. The molecule has 1 aromatic carbocycles. The Morgan fingerprint density at radius 3 is 2.52 bits per heavy atom. The Hall–Kier alpha value is -2.43. The molecular formula is C23H30N4O4S2. The Labute approximate surface area is 203 Å². The summed E-state index contributed by atoms with van der Waals surface area (Å²) in [4.78, 5) is 44.5. The molecule has 1 fully saturated rings. The van der Waals surface area contributed by atoms with Gasteiger partial charge in [0.15, 0.2) is 0 Å². The second-order valence-electron chi connectivity index (χ2n) is 8.86. The summed E-state index contributed by atoms with van der Waals surface area (Å²) in [6.45, 7) is 7.04. The molecule has 0 bridgehead atoms. The summed E-state index contributed by atoms with van der Waals surface area (Å²) in [7, 11) is 0. The number of aliphatic hydroxyl groups excluding tert-OH is 1. The third-order valence-electron chi connectivity index (χ3n) is 5.59. The Morgan fingerprint density at radius 2 is 1.97 bits per heavy atom. The van der Waals surface area contributed by atoms with Crippen molar-refractivity contribution in [2.24, 2.45) is 0 Å². The van der Waals surface area contributed by atoms with Crippen LogP contribution in [-0.4, -0.2) is 62.2 Å². The summed E-state index contributed by atoms with van der Waals surface area (Å²) in [6, 6.07) is 6.11. The number of rotatable bonds is 7. The van der Waals surface area contributed by atoms with Gasteiger partial charge in [-0.2, -0.15) is 12.6 Å². The first-order valence-electron chi connectivity index (χ1n) is 10.7. The van der Waals surface area contributed by atoms with E-state index >= 15 is 0 Å².